The first kappa shape index (κ1) is 28.8. The normalized spacial score (nSPS) is 15.3. The fourth-order valence-corrected chi connectivity index (χ4v) is 5.38. The molecule has 1 heterocycles. The van der Waals surface area contributed by atoms with Gasteiger partial charge < -0.3 is 20.7 Å². The largest absolute Gasteiger partial charge is 0.493 e. The SMILES string of the molecule is CCOc1ccc(Br)cc1C=CC(=O)NC1(C(=O)NCCNS(=O)(=O)c2ccc(C)cc2)CCNCC1. The van der Waals surface area contributed by atoms with E-state index in [4.69, 9.17) is 4.74 Å². The van der Waals surface area contributed by atoms with Crippen LogP contribution in [-0.4, -0.2) is 58.6 Å². The van der Waals surface area contributed by atoms with Gasteiger partial charge in [0.15, 0.2) is 0 Å². The van der Waals surface area contributed by atoms with Gasteiger partial charge in [-0.05, 0) is 76.2 Å². The molecular weight excluding hydrogens is 560 g/mol. The molecule has 4 N–H and O–H groups in total. The minimum Gasteiger partial charge on any atom is -0.493 e. The number of carbonyl (C=O) groups excluding carboxylic acids is 2. The molecule has 200 valence electrons. The molecule has 1 aliphatic heterocycles. The second kappa shape index (κ2) is 13.2. The highest BCUT2D eigenvalue weighted by Gasteiger charge is 2.40. The van der Waals surface area contributed by atoms with E-state index in [-0.39, 0.29) is 23.9 Å². The number of piperidine rings is 1. The van der Waals surface area contributed by atoms with E-state index >= 15 is 0 Å². The lowest BCUT2D eigenvalue weighted by Crippen LogP contribution is -2.63. The molecule has 0 atom stereocenters. The summed E-state index contributed by atoms with van der Waals surface area (Å²) in [6.45, 7) is 5.49. The number of ether oxygens (including phenoxy) is 1. The highest BCUT2D eigenvalue weighted by Crippen LogP contribution is 2.25. The molecule has 2 aromatic rings. The van der Waals surface area contributed by atoms with Gasteiger partial charge in [0.25, 0.3) is 0 Å². The molecule has 0 spiro atoms. The molecule has 3 rings (SSSR count). The topological polar surface area (TPSA) is 126 Å². The van der Waals surface area contributed by atoms with Crippen LogP contribution in [0.15, 0.2) is 57.9 Å². The Labute approximate surface area is 226 Å². The van der Waals surface area contributed by atoms with E-state index in [1.54, 1.807) is 18.2 Å². The maximum Gasteiger partial charge on any atom is 0.245 e. The third-order valence-corrected chi connectivity index (χ3v) is 7.94. The number of benzene rings is 2. The summed E-state index contributed by atoms with van der Waals surface area (Å²) in [7, 11) is -3.68. The standard InChI is InChI=1S/C26H33BrN4O5S/c1-3-36-23-10-7-21(27)18-20(23)6-11-24(32)31-26(12-14-28-15-13-26)25(33)29-16-17-30-37(34,35)22-8-4-19(2)5-9-22/h4-11,18,28,30H,3,12-17H2,1-2H3,(H,29,33)(H,31,32). The van der Waals surface area contributed by atoms with Gasteiger partial charge in [-0.1, -0.05) is 33.6 Å². The number of halogens is 1. The van der Waals surface area contributed by atoms with Gasteiger partial charge in [-0.3, -0.25) is 9.59 Å². The molecule has 0 saturated carbocycles. The number of hydrogen-bond donors (Lipinski definition) is 4. The third kappa shape index (κ3) is 8.13. The van der Waals surface area contributed by atoms with Crippen molar-refractivity contribution in [2.75, 3.05) is 32.8 Å². The summed E-state index contributed by atoms with van der Waals surface area (Å²) in [4.78, 5) is 26.2. The number of carbonyl (C=O) groups is 2. The van der Waals surface area contributed by atoms with Crippen LogP contribution in [0.5, 0.6) is 5.75 Å². The lowest BCUT2D eigenvalue weighted by molar-refractivity contribution is -0.133. The van der Waals surface area contributed by atoms with Crippen molar-refractivity contribution in [3.8, 4) is 5.75 Å². The number of aryl methyl sites for hydroxylation is 1. The molecule has 9 nitrogen and oxygen atoms in total. The number of nitrogens with one attached hydrogen (secondary N) is 4. The maximum atomic E-state index is 13.2. The highest BCUT2D eigenvalue weighted by atomic mass is 79.9. The Morgan fingerprint density at radius 2 is 1.81 bits per heavy atom. The third-order valence-electron chi connectivity index (χ3n) is 5.97. The van der Waals surface area contributed by atoms with Crippen molar-refractivity contribution in [1.29, 1.82) is 0 Å². The molecule has 0 aliphatic carbocycles. The summed E-state index contributed by atoms with van der Waals surface area (Å²) in [6, 6.07) is 12.0. The van der Waals surface area contributed by atoms with Gasteiger partial charge in [0, 0.05) is 29.2 Å². The van der Waals surface area contributed by atoms with Crippen LogP contribution in [0.1, 0.15) is 30.9 Å². The summed E-state index contributed by atoms with van der Waals surface area (Å²) >= 11 is 3.43. The van der Waals surface area contributed by atoms with Gasteiger partial charge >= 0.3 is 0 Å². The zero-order chi connectivity index (χ0) is 26.9. The van der Waals surface area contributed by atoms with Crippen LogP contribution in [0, 0.1) is 6.92 Å². The van der Waals surface area contributed by atoms with E-state index in [1.165, 1.54) is 18.2 Å². The van der Waals surface area contributed by atoms with Crippen molar-refractivity contribution >= 4 is 43.8 Å². The van der Waals surface area contributed by atoms with E-state index in [1.807, 2.05) is 32.0 Å². The molecule has 0 aromatic heterocycles. The average molecular weight is 594 g/mol. The summed E-state index contributed by atoms with van der Waals surface area (Å²) < 4.78 is 33.9. The number of rotatable bonds is 11. The van der Waals surface area contributed by atoms with E-state index in [9.17, 15) is 18.0 Å². The first-order valence-corrected chi connectivity index (χ1v) is 14.4. The fourth-order valence-electron chi connectivity index (χ4n) is 3.97. The Hall–Kier alpha value is -2.73. The summed E-state index contributed by atoms with van der Waals surface area (Å²) in [5.74, 6) is -0.0977. The first-order valence-electron chi connectivity index (χ1n) is 12.1. The van der Waals surface area contributed by atoms with Crippen molar-refractivity contribution < 1.29 is 22.7 Å². The fraction of sp³-hybridized carbons (Fsp3) is 0.385. The second-order valence-electron chi connectivity index (χ2n) is 8.74. The Morgan fingerprint density at radius 3 is 2.49 bits per heavy atom. The molecule has 2 amide bonds. The van der Waals surface area contributed by atoms with E-state index in [0.717, 1.165) is 15.6 Å². The van der Waals surface area contributed by atoms with Gasteiger partial charge in [-0.25, -0.2) is 13.1 Å². The predicted octanol–water partition coefficient (Wildman–Crippen LogP) is 2.50. The van der Waals surface area contributed by atoms with Crippen molar-refractivity contribution in [1.82, 2.24) is 20.7 Å². The van der Waals surface area contributed by atoms with Gasteiger partial charge in [-0.2, -0.15) is 0 Å². The maximum absolute atomic E-state index is 13.2. The van der Waals surface area contributed by atoms with Crippen LogP contribution in [-0.2, 0) is 19.6 Å². The molecule has 0 bridgehead atoms. The molecule has 2 aromatic carbocycles. The molecule has 11 heteroatoms. The summed E-state index contributed by atoms with van der Waals surface area (Å²) in [5.41, 5.74) is 0.598. The van der Waals surface area contributed by atoms with Crippen LogP contribution >= 0.6 is 15.9 Å². The zero-order valence-electron chi connectivity index (χ0n) is 21.0. The Kier molecular flexibility index (Phi) is 10.3. The van der Waals surface area contributed by atoms with Crippen LogP contribution in [0.4, 0.5) is 0 Å². The van der Waals surface area contributed by atoms with Crippen LogP contribution in [0.25, 0.3) is 6.08 Å². The van der Waals surface area contributed by atoms with Gasteiger partial charge in [-0.15, -0.1) is 0 Å². The van der Waals surface area contributed by atoms with Crippen molar-refractivity contribution in [3.05, 3.63) is 64.1 Å². The Morgan fingerprint density at radius 1 is 1.11 bits per heavy atom. The second-order valence-corrected chi connectivity index (χ2v) is 11.4. The van der Waals surface area contributed by atoms with Crippen molar-refractivity contribution in [2.24, 2.45) is 0 Å². The van der Waals surface area contributed by atoms with Gasteiger partial charge in [0.1, 0.15) is 11.3 Å². The lowest BCUT2D eigenvalue weighted by Gasteiger charge is -2.36. The monoisotopic (exact) mass is 592 g/mol. The van der Waals surface area contributed by atoms with Crippen LogP contribution < -0.4 is 25.4 Å². The average Bonchev–Trinajstić information content (AvgIpc) is 2.87. The van der Waals surface area contributed by atoms with Crippen LogP contribution in [0.2, 0.25) is 0 Å². The summed E-state index contributed by atoms with van der Waals surface area (Å²) in [6.07, 6.45) is 3.86. The van der Waals surface area contributed by atoms with Crippen molar-refractivity contribution in [2.45, 2.75) is 37.1 Å². The molecule has 0 unspecified atom stereocenters. The molecule has 0 radical (unpaired) electrons. The lowest BCUT2D eigenvalue weighted by atomic mass is 9.87. The first-order chi connectivity index (χ1) is 17.6. The summed E-state index contributed by atoms with van der Waals surface area (Å²) in [5, 5.41) is 8.87. The van der Waals surface area contributed by atoms with Crippen LogP contribution in [0.3, 0.4) is 0 Å². The Bertz CT molecular complexity index is 1230. The number of hydrogen-bond acceptors (Lipinski definition) is 6. The van der Waals surface area contributed by atoms with Gasteiger partial charge in [0.05, 0.1) is 11.5 Å². The van der Waals surface area contributed by atoms with E-state index in [0.29, 0.717) is 38.3 Å². The number of amides is 2. The van der Waals surface area contributed by atoms with Gasteiger partial charge in [0.2, 0.25) is 21.8 Å². The van der Waals surface area contributed by atoms with E-state index < -0.39 is 21.5 Å². The minimum atomic E-state index is -3.68. The molecule has 37 heavy (non-hydrogen) atoms. The molecular formula is C26H33BrN4O5S. The molecule has 1 saturated heterocycles. The zero-order valence-corrected chi connectivity index (χ0v) is 23.4. The van der Waals surface area contributed by atoms with Crippen molar-refractivity contribution in [3.63, 3.8) is 0 Å². The number of sulfonamides is 1. The minimum absolute atomic E-state index is 0.0211. The molecule has 1 fully saturated rings. The smallest absolute Gasteiger partial charge is 0.245 e. The Balaban J connectivity index is 1.61. The predicted molar refractivity (Wildman–Crippen MR) is 147 cm³/mol. The quantitative estimate of drug-likeness (QED) is 0.235. The highest BCUT2D eigenvalue weighted by molar-refractivity contribution is 9.10. The van der Waals surface area contributed by atoms with E-state index in [2.05, 4.69) is 36.6 Å². The molecule has 1 aliphatic rings.